The van der Waals surface area contributed by atoms with Crippen molar-refractivity contribution in [1.29, 1.82) is 0 Å². The van der Waals surface area contributed by atoms with Crippen LogP contribution in [0.25, 0.3) is 0 Å². The molecular weight excluding hydrogens is 354 g/mol. The number of nitrogens with one attached hydrogen (secondary N) is 1. The van der Waals surface area contributed by atoms with E-state index < -0.39 is 0 Å². The molecule has 0 atom stereocenters. The van der Waals surface area contributed by atoms with Gasteiger partial charge < -0.3 is 14.6 Å². The number of ether oxygens (including phenoxy) is 1. The highest BCUT2D eigenvalue weighted by molar-refractivity contribution is 5.90. The van der Waals surface area contributed by atoms with Crippen LogP contribution in [0.2, 0.25) is 0 Å². The molecule has 0 fully saturated rings. The van der Waals surface area contributed by atoms with Crippen molar-refractivity contribution in [3.8, 4) is 11.5 Å². The number of benzene rings is 2. The first-order chi connectivity index (χ1) is 13.5. The first-order valence-electron chi connectivity index (χ1n) is 9.46. The molecule has 28 heavy (non-hydrogen) atoms. The molecule has 3 aromatic rings. The summed E-state index contributed by atoms with van der Waals surface area (Å²) >= 11 is 0. The van der Waals surface area contributed by atoms with Gasteiger partial charge in [-0.25, -0.2) is 0 Å². The molecule has 0 radical (unpaired) electrons. The lowest BCUT2D eigenvalue weighted by Crippen LogP contribution is -2.11. The second kappa shape index (κ2) is 9.17. The minimum Gasteiger partial charge on any atom is -0.457 e. The van der Waals surface area contributed by atoms with E-state index in [1.807, 2.05) is 69.3 Å². The summed E-state index contributed by atoms with van der Waals surface area (Å²) in [5, 5.41) is 6.82. The molecular formula is C22H25N3O3. The molecule has 0 aliphatic carbocycles. The molecule has 0 spiro atoms. The fourth-order valence-electron chi connectivity index (χ4n) is 2.65. The van der Waals surface area contributed by atoms with E-state index in [4.69, 9.17) is 9.26 Å². The van der Waals surface area contributed by atoms with Gasteiger partial charge >= 0.3 is 0 Å². The molecule has 3 rings (SSSR count). The third-order valence-electron chi connectivity index (χ3n) is 4.16. The summed E-state index contributed by atoms with van der Waals surface area (Å²) in [5.41, 5.74) is 1.88. The van der Waals surface area contributed by atoms with Gasteiger partial charge in [0.15, 0.2) is 5.82 Å². The van der Waals surface area contributed by atoms with Crippen molar-refractivity contribution in [3.05, 3.63) is 65.8 Å². The summed E-state index contributed by atoms with van der Waals surface area (Å²) in [6, 6.07) is 15.2. The van der Waals surface area contributed by atoms with E-state index in [9.17, 15) is 4.79 Å². The van der Waals surface area contributed by atoms with Crippen LogP contribution >= 0.6 is 0 Å². The SMILES string of the molecule is Cc1cccc(Oc2ccc(NC(=O)CCCc3nc(C(C)C)no3)cc2)c1. The van der Waals surface area contributed by atoms with Gasteiger partial charge in [0.05, 0.1) is 0 Å². The average molecular weight is 379 g/mol. The molecule has 0 saturated heterocycles. The van der Waals surface area contributed by atoms with Crippen LogP contribution < -0.4 is 10.1 Å². The summed E-state index contributed by atoms with van der Waals surface area (Å²) in [6.45, 7) is 6.05. The Morgan fingerprint density at radius 2 is 1.93 bits per heavy atom. The minimum atomic E-state index is -0.0454. The molecule has 146 valence electrons. The molecule has 2 aromatic carbocycles. The Kier molecular flexibility index (Phi) is 6.42. The molecule has 1 heterocycles. The highest BCUT2D eigenvalue weighted by Crippen LogP contribution is 2.23. The smallest absolute Gasteiger partial charge is 0.226 e. The van der Waals surface area contributed by atoms with Gasteiger partial charge in [-0.15, -0.1) is 0 Å². The van der Waals surface area contributed by atoms with Crippen molar-refractivity contribution < 1.29 is 14.1 Å². The normalized spacial score (nSPS) is 10.9. The van der Waals surface area contributed by atoms with Gasteiger partial charge in [0.25, 0.3) is 0 Å². The van der Waals surface area contributed by atoms with E-state index in [-0.39, 0.29) is 11.8 Å². The molecule has 0 aliphatic rings. The van der Waals surface area contributed by atoms with Crippen LogP contribution in [0.5, 0.6) is 11.5 Å². The summed E-state index contributed by atoms with van der Waals surface area (Å²) < 4.78 is 11.0. The third kappa shape index (κ3) is 5.67. The van der Waals surface area contributed by atoms with Gasteiger partial charge in [-0.05, 0) is 55.3 Å². The van der Waals surface area contributed by atoms with Crippen LogP contribution in [0.3, 0.4) is 0 Å². The molecule has 1 amide bonds. The van der Waals surface area contributed by atoms with Crippen LogP contribution in [0.1, 0.15) is 49.9 Å². The van der Waals surface area contributed by atoms with Gasteiger partial charge in [0, 0.05) is 24.4 Å². The summed E-state index contributed by atoms with van der Waals surface area (Å²) in [5.74, 6) is 2.98. The largest absolute Gasteiger partial charge is 0.457 e. The number of rotatable bonds is 8. The fraction of sp³-hybridized carbons (Fsp3) is 0.318. The molecule has 1 aromatic heterocycles. The van der Waals surface area contributed by atoms with Crippen molar-refractivity contribution in [3.63, 3.8) is 0 Å². The Labute approximate surface area is 164 Å². The molecule has 6 heteroatoms. The Morgan fingerprint density at radius 1 is 1.14 bits per heavy atom. The Morgan fingerprint density at radius 3 is 2.61 bits per heavy atom. The van der Waals surface area contributed by atoms with Crippen LogP contribution in [-0.2, 0) is 11.2 Å². The molecule has 0 saturated carbocycles. The number of hydrogen-bond acceptors (Lipinski definition) is 5. The van der Waals surface area contributed by atoms with E-state index >= 15 is 0 Å². The Balaban J connectivity index is 1.44. The van der Waals surface area contributed by atoms with Crippen molar-refractivity contribution in [2.24, 2.45) is 0 Å². The number of anilines is 1. The first kappa shape index (κ1) is 19.6. The summed E-state index contributed by atoms with van der Waals surface area (Å²) in [4.78, 5) is 16.4. The molecule has 1 N–H and O–H groups in total. The zero-order chi connectivity index (χ0) is 19.9. The van der Waals surface area contributed by atoms with Gasteiger partial charge in [-0.1, -0.05) is 31.1 Å². The maximum atomic E-state index is 12.1. The lowest BCUT2D eigenvalue weighted by molar-refractivity contribution is -0.116. The van der Waals surface area contributed by atoms with Crippen molar-refractivity contribution >= 4 is 11.6 Å². The number of aryl methyl sites for hydroxylation is 2. The second-order valence-electron chi connectivity index (χ2n) is 7.05. The standard InChI is InChI=1S/C22H25N3O3/c1-15(2)22-24-21(28-25-22)9-5-8-20(26)23-17-10-12-18(13-11-17)27-19-7-4-6-16(3)14-19/h4,6-7,10-15H,5,8-9H2,1-3H3,(H,23,26). The monoisotopic (exact) mass is 379 g/mol. The lowest BCUT2D eigenvalue weighted by atomic mass is 10.2. The maximum absolute atomic E-state index is 12.1. The van der Waals surface area contributed by atoms with E-state index in [0.29, 0.717) is 31.0 Å². The van der Waals surface area contributed by atoms with E-state index in [0.717, 1.165) is 22.7 Å². The first-order valence-corrected chi connectivity index (χ1v) is 9.46. The minimum absolute atomic E-state index is 0.0454. The van der Waals surface area contributed by atoms with Crippen molar-refractivity contribution in [2.45, 2.75) is 46.0 Å². The van der Waals surface area contributed by atoms with Crippen LogP contribution in [0.15, 0.2) is 53.1 Å². The van der Waals surface area contributed by atoms with Gasteiger partial charge in [-0.3, -0.25) is 4.79 Å². The highest BCUT2D eigenvalue weighted by atomic mass is 16.5. The fourth-order valence-corrected chi connectivity index (χ4v) is 2.65. The molecule has 6 nitrogen and oxygen atoms in total. The van der Waals surface area contributed by atoms with Crippen molar-refractivity contribution in [1.82, 2.24) is 10.1 Å². The summed E-state index contributed by atoms with van der Waals surface area (Å²) in [6.07, 6.45) is 1.64. The van der Waals surface area contributed by atoms with E-state index in [2.05, 4.69) is 15.5 Å². The zero-order valence-corrected chi connectivity index (χ0v) is 16.4. The third-order valence-corrected chi connectivity index (χ3v) is 4.16. The van der Waals surface area contributed by atoms with Crippen LogP contribution in [-0.4, -0.2) is 16.0 Å². The predicted molar refractivity (Wildman–Crippen MR) is 108 cm³/mol. The number of nitrogens with zero attached hydrogens (tertiary/aromatic N) is 2. The van der Waals surface area contributed by atoms with Crippen LogP contribution in [0, 0.1) is 6.92 Å². The molecule has 0 aliphatic heterocycles. The van der Waals surface area contributed by atoms with E-state index in [1.54, 1.807) is 0 Å². The number of carbonyl (C=O) groups is 1. The second-order valence-corrected chi connectivity index (χ2v) is 7.05. The molecule has 0 unspecified atom stereocenters. The van der Waals surface area contributed by atoms with Gasteiger partial charge in [-0.2, -0.15) is 4.98 Å². The van der Waals surface area contributed by atoms with Gasteiger partial charge in [0.1, 0.15) is 11.5 Å². The van der Waals surface area contributed by atoms with E-state index in [1.165, 1.54) is 0 Å². The topological polar surface area (TPSA) is 77.2 Å². The Bertz CT molecular complexity index is 917. The summed E-state index contributed by atoms with van der Waals surface area (Å²) in [7, 11) is 0. The lowest BCUT2D eigenvalue weighted by Gasteiger charge is -2.08. The van der Waals surface area contributed by atoms with Crippen molar-refractivity contribution in [2.75, 3.05) is 5.32 Å². The molecule has 0 bridgehead atoms. The highest BCUT2D eigenvalue weighted by Gasteiger charge is 2.10. The number of aromatic nitrogens is 2. The number of hydrogen-bond donors (Lipinski definition) is 1. The van der Waals surface area contributed by atoms with Gasteiger partial charge in [0.2, 0.25) is 11.8 Å². The quantitative estimate of drug-likeness (QED) is 0.578. The zero-order valence-electron chi connectivity index (χ0n) is 16.4. The number of carbonyl (C=O) groups excluding carboxylic acids is 1. The average Bonchev–Trinajstić information content (AvgIpc) is 3.13. The predicted octanol–water partition coefficient (Wildman–Crippen LogP) is 5.26. The van der Waals surface area contributed by atoms with Crippen LogP contribution in [0.4, 0.5) is 5.69 Å². The number of amides is 1. The Hall–Kier alpha value is -3.15. The maximum Gasteiger partial charge on any atom is 0.226 e.